The molecule has 0 atom stereocenters. The van der Waals surface area contributed by atoms with Gasteiger partial charge in [0.25, 0.3) is 0 Å². The summed E-state index contributed by atoms with van der Waals surface area (Å²) >= 11 is 0. The van der Waals surface area contributed by atoms with Crippen molar-refractivity contribution in [2.24, 2.45) is 0 Å². The first-order valence-corrected chi connectivity index (χ1v) is 2.56. The van der Waals surface area contributed by atoms with E-state index in [1.165, 1.54) is 12.2 Å². The Bertz CT molecular complexity index is 190. The van der Waals surface area contributed by atoms with Gasteiger partial charge in [-0.3, -0.25) is 0 Å². The molecule has 0 saturated carbocycles. The molecule has 0 fully saturated rings. The second-order valence-corrected chi connectivity index (χ2v) is 1.52. The van der Waals surface area contributed by atoms with Gasteiger partial charge in [0, 0.05) is 12.2 Å². The molecule has 0 aromatic carbocycles. The topological polar surface area (TPSA) is 52.6 Å². The van der Waals surface area contributed by atoms with Gasteiger partial charge in [-0.05, 0) is 0 Å². The van der Waals surface area contributed by atoms with Gasteiger partial charge in [0.05, 0.1) is 0 Å². The van der Waals surface area contributed by atoms with E-state index in [-0.39, 0.29) is 0 Å². The average Bonchev–Trinajstić information content (AvgIpc) is 1.90. The van der Waals surface area contributed by atoms with Crippen LogP contribution in [-0.4, -0.2) is 11.9 Å². The van der Waals surface area contributed by atoms with Gasteiger partial charge in [-0.15, -0.1) is 0 Å². The lowest BCUT2D eigenvalue weighted by Crippen LogP contribution is -2.08. The number of hydrogen-bond acceptors (Lipinski definition) is 4. The van der Waals surface area contributed by atoms with E-state index >= 15 is 0 Å². The molecule has 0 aliphatic carbocycles. The number of carbonyl (C=O) groups is 2. The van der Waals surface area contributed by atoms with Crippen LogP contribution in [0.15, 0.2) is 24.3 Å². The van der Waals surface area contributed by atoms with E-state index in [4.69, 9.17) is 0 Å². The molecule has 1 aliphatic heterocycles. The standard InChI is InChI=1S/C6H4O4/c7-5-3-1-2-4-6(8)10-9-5/h1-4H. The summed E-state index contributed by atoms with van der Waals surface area (Å²) in [6, 6.07) is 0. The molecule has 0 aromatic rings. The molecular weight excluding hydrogens is 136 g/mol. The Kier molecular flexibility index (Phi) is 1.84. The molecule has 0 aromatic heterocycles. The van der Waals surface area contributed by atoms with Crippen LogP contribution in [0.2, 0.25) is 0 Å². The van der Waals surface area contributed by atoms with Gasteiger partial charge in [0.2, 0.25) is 0 Å². The third kappa shape index (κ3) is 1.74. The number of rotatable bonds is 0. The number of allylic oxidation sites excluding steroid dienone is 2. The van der Waals surface area contributed by atoms with Crippen molar-refractivity contribution in [2.75, 3.05) is 0 Å². The third-order valence-electron chi connectivity index (χ3n) is 0.782. The third-order valence-corrected chi connectivity index (χ3v) is 0.782. The maximum atomic E-state index is 10.4. The van der Waals surface area contributed by atoms with Crippen molar-refractivity contribution in [3.05, 3.63) is 24.3 Å². The minimum atomic E-state index is -0.697. The van der Waals surface area contributed by atoms with Crippen molar-refractivity contribution in [1.82, 2.24) is 0 Å². The van der Waals surface area contributed by atoms with Crippen LogP contribution in [-0.2, 0) is 19.4 Å². The normalized spacial score (nSPS) is 17.2. The van der Waals surface area contributed by atoms with Crippen molar-refractivity contribution in [2.45, 2.75) is 0 Å². The van der Waals surface area contributed by atoms with E-state index in [0.717, 1.165) is 12.2 Å². The summed E-state index contributed by atoms with van der Waals surface area (Å²) in [6.45, 7) is 0. The molecule has 0 bridgehead atoms. The highest BCUT2D eigenvalue weighted by molar-refractivity contribution is 5.87. The Morgan fingerprint density at radius 1 is 0.900 bits per heavy atom. The maximum absolute atomic E-state index is 10.4. The highest BCUT2D eigenvalue weighted by Crippen LogP contribution is 1.91. The van der Waals surface area contributed by atoms with Crippen LogP contribution in [0.3, 0.4) is 0 Å². The minimum Gasteiger partial charge on any atom is -0.242 e. The molecule has 0 saturated heterocycles. The SMILES string of the molecule is O=C1C=CC=CC(=O)OO1. The van der Waals surface area contributed by atoms with Gasteiger partial charge >= 0.3 is 11.9 Å². The van der Waals surface area contributed by atoms with Crippen molar-refractivity contribution in [3.8, 4) is 0 Å². The van der Waals surface area contributed by atoms with Gasteiger partial charge in [0.15, 0.2) is 0 Å². The Balaban J connectivity index is 2.70. The Morgan fingerprint density at radius 2 is 1.30 bits per heavy atom. The predicted molar refractivity (Wildman–Crippen MR) is 30.5 cm³/mol. The lowest BCUT2D eigenvalue weighted by molar-refractivity contribution is -0.250. The predicted octanol–water partition coefficient (Wildman–Crippen LogP) is 0.114. The molecule has 1 rings (SSSR count). The van der Waals surface area contributed by atoms with Gasteiger partial charge in [-0.2, -0.15) is 0 Å². The zero-order valence-corrected chi connectivity index (χ0v) is 4.94. The minimum absolute atomic E-state index is 0.697. The fourth-order valence-electron chi connectivity index (χ4n) is 0.406. The first-order valence-electron chi connectivity index (χ1n) is 2.56. The molecule has 52 valence electrons. The van der Waals surface area contributed by atoms with Crippen molar-refractivity contribution in [1.29, 1.82) is 0 Å². The fourth-order valence-corrected chi connectivity index (χ4v) is 0.406. The van der Waals surface area contributed by atoms with Crippen molar-refractivity contribution >= 4 is 11.9 Å². The molecule has 0 N–H and O–H groups in total. The van der Waals surface area contributed by atoms with Crippen LogP contribution in [0.1, 0.15) is 0 Å². The average molecular weight is 140 g/mol. The van der Waals surface area contributed by atoms with Crippen LogP contribution in [0, 0.1) is 0 Å². The quantitative estimate of drug-likeness (QED) is 0.448. The zero-order valence-electron chi connectivity index (χ0n) is 4.94. The lowest BCUT2D eigenvalue weighted by atomic mass is 10.4. The molecule has 0 radical (unpaired) electrons. The second-order valence-electron chi connectivity index (χ2n) is 1.52. The molecule has 10 heavy (non-hydrogen) atoms. The number of carbonyl (C=O) groups excluding carboxylic acids is 2. The van der Waals surface area contributed by atoms with Gasteiger partial charge in [-0.25, -0.2) is 19.4 Å². The highest BCUT2D eigenvalue weighted by Gasteiger charge is 2.04. The van der Waals surface area contributed by atoms with Crippen LogP contribution in [0.5, 0.6) is 0 Å². The van der Waals surface area contributed by atoms with E-state index in [1.807, 2.05) is 0 Å². The monoisotopic (exact) mass is 140 g/mol. The maximum Gasteiger partial charge on any atom is 0.379 e. The van der Waals surface area contributed by atoms with E-state index in [9.17, 15) is 9.59 Å². The molecule has 0 unspecified atom stereocenters. The van der Waals surface area contributed by atoms with E-state index < -0.39 is 11.9 Å². The summed E-state index contributed by atoms with van der Waals surface area (Å²) in [5.41, 5.74) is 0. The summed E-state index contributed by atoms with van der Waals surface area (Å²) in [5.74, 6) is -1.39. The van der Waals surface area contributed by atoms with Crippen LogP contribution in [0.25, 0.3) is 0 Å². The zero-order chi connectivity index (χ0) is 7.40. The molecule has 1 aliphatic rings. The van der Waals surface area contributed by atoms with Gasteiger partial charge < -0.3 is 0 Å². The molecule has 0 amide bonds. The molecule has 0 spiro atoms. The molecule has 4 heteroatoms. The lowest BCUT2D eigenvalue weighted by Gasteiger charge is -1.97. The van der Waals surface area contributed by atoms with E-state index in [1.54, 1.807) is 0 Å². The second kappa shape index (κ2) is 2.82. The van der Waals surface area contributed by atoms with Gasteiger partial charge in [0.1, 0.15) is 0 Å². The Morgan fingerprint density at radius 3 is 1.70 bits per heavy atom. The van der Waals surface area contributed by atoms with Crippen LogP contribution < -0.4 is 0 Å². The van der Waals surface area contributed by atoms with Crippen LogP contribution in [0.4, 0.5) is 0 Å². The summed E-state index contributed by atoms with van der Waals surface area (Å²) in [7, 11) is 0. The van der Waals surface area contributed by atoms with Gasteiger partial charge in [-0.1, -0.05) is 12.2 Å². The van der Waals surface area contributed by atoms with Crippen molar-refractivity contribution in [3.63, 3.8) is 0 Å². The Hall–Kier alpha value is -1.58. The summed E-state index contributed by atoms with van der Waals surface area (Å²) in [6.07, 6.45) is 5.07. The largest absolute Gasteiger partial charge is 0.379 e. The summed E-state index contributed by atoms with van der Waals surface area (Å²) < 4.78 is 0. The Labute approximate surface area is 56.7 Å². The highest BCUT2D eigenvalue weighted by atomic mass is 17.2. The summed E-state index contributed by atoms with van der Waals surface area (Å²) in [4.78, 5) is 28.7. The molecular formula is C6H4O4. The first kappa shape index (κ1) is 6.54. The first-order chi connectivity index (χ1) is 4.79. The van der Waals surface area contributed by atoms with Crippen molar-refractivity contribution < 1.29 is 19.4 Å². The fraction of sp³-hybridized carbons (Fsp3) is 0. The van der Waals surface area contributed by atoms with E-state index in [0.29, 0.717) is 0 Å². The van der Waals surface area contributed by atoms with Crippen LogP contribution >= 0.6 is 0 Å². The smallest absolute Gasteiger partial charge is 0.242 e. The summed E-state index contributed by atoms with van der Waals surface area (Å²) in [5, 5.41) is 0. The van der Waals surface area contributed by atoms with E-state index in [2.05, 4.69) is 9.78 Å². The number of hydrogen-bond donors (Lipinski definition) is 0. The molecule has 1 heterocycles. The molecule has 4 nitrogen and oxygen atoms in total.